The number of phenols is 1. The van der Waals surface area contributed by atoms with Crippen molar-refractivity contribution in [1.82, 2.24) is 0 Å². The second-order valence-electron chi connectivity index (χ2n) is 6.21. The summed E-state index contributed by atoms with van der Waals surface area (Å²) < 4.78 is 11.8. The first-order valence-corrected chi connectivity index (χ1v) is 7.85. The Morgan fingerprint density at radius 1 is 1.35 bits per heavy atom. The van der Waals surface area contributed by atoms with Gasteiger partial charge in [-0.3, -0.25) is 4.79 Å². The van der Waals surface area contributed by atoms with Crippen LogP contribution in [0.2, 0.25) is 0 Å². The molecule has 0 aliphatic carbocycles. The summed E-state index contributed by atoms with van der Waals surface area (Å²) in [4.78, 5) is 10.5. The fraction of sp³-hybridized carbons (Fsp3) is 0.500. The van der Waals surface area contributed by atoms with Gasteiger partial charge in [-0.25, -0.2) is 0 Å². The number of phenolic OH excluding ortho intramolecular Hbond substituents is 1. The number of hydrogen-bond acceptors (Lipinski definition) is 4. The number of carboxylic acids is 1. The van der Waals surface area contributed by atoms with Crippen molar-refractivity contribution in [3.63, 3.8) is 0 Å². The lowest BCUT2D eigenvalue weighted by atomic mass is 9.91. The van der Waals surface area contributed by atoms with Crippen LogP contribution in [-0.4, -0.2) is 28.6 Å². The lowest BCUT2D eigenvalue weighted by Crippen LogP contribution is -2.41. The van der Waals surface area contributed by atoms with Gasteiger partial charge in [0.05, 0.1) is 12.7 Å². The normalized spacial score (nSPS) is 23.9. The Labute approximate surface area is 136 Å². The lowest BCUT2D eigenvalue weighted by molar-refractivity contribution is -0.295. The molecule has 1 aromatic carbocycles. The Bertz CT molecular complexity index is 564. The summed E-state index contributed by atoms with van der Waals surface area (Å²) >= 11 is 0. The number of carbonyl (C=O) groups is 1. The summed E-state index contributed by atoms with van der Waals surface area (Å²) in [7, 11) is 0. The van der Waals surface area contributed by atoms with Gasteiger partial charge in [-0.2, -0.15) is 0 Å². The molecule has 1 fully saturated rings. The average Bonchev–Trinajstić information content (AvgIpc) is 2.48. The number of benzene rings is 1. The average molecular weight is 320 g/mol. The third-order valence-electron chi connectivity index (χ3n) is 3.86. The molecule has 1 heterocycles. The highest BCUT2D eigenvalue weighted by Crippen LogP contribution is 2.41. The highest BCUT2D eigenvalue weighted by atomic mass is 16.7. The van der Waals surface area contributed by atoms with E-state index in [1.54, 1.807) is 12.1 Å². The van der Waals surface area contributed by atoms with Crippen LogP contribution in [0.3, 0.4) is 0 Å². The maximum Gasteiger partial charge on any atom is 0.303 e. The van der Waals surface area contributed by atoms with Crippen molar-refractivity contribution in [2.24, 2.45) is 5.92 Å². The number of aliphatic carboxylic acids is 1. The van der Waals surface area contributed by atoms with Gasteiger partial charge in [-0.1, -0.05) is 30.4 Å². The quantitative estimate of drug-likeness (QED) is 0.783. The van der Waals surface area contributed by atoms with Crippen LogP contribution in [0.5, 0.6) is 5.75 Å². The molecule has 2 atom stereocenters. The van der Waals surface area contributed by atoms with Crippen molar-refractivity contribution in [3.05, 3.63) is 42.0 Å². The molecule has 5 heteroatoms. The second-order valence-corrected chi connectivity index (χ2v) is 6.21. The summed E-state index contributed by atoms with van der Waals surface area (Å²) in [5, 5.41) is 18.8. The van der Waals surface area contributed by atoms with Crippen LogP contribution in [0.1, 0.15) is 44.8 Å². The van der Waals surface area contributed by atoms with E-state index in [1.807, 2.05) is 38.1 Å². The van der Waals surface area contributed by atoms with Crippen molar-refractivity contribution in [2.75, 3.05) is 6.61 Å². The third-order valence-corrected chi connectivity index (χ3v) is 3.86. The van der Waals surface area contributed by atoms with Crippen molar-refractivity contribution >= 4 is 5.97 Å². The number of hydrogen-bond donors (Lipinski definition) is 2. The molecule has 2 N–H and O–H groups in total. The van der Waals surface area contributed by atoms with Gasteiger partial charge in [0, 0.05) is 17.9 Å². The van der Waals surface area contributed by atoms with Gasteiger partial charge < -0.3 is 19.7 Å². The van der Waals surface area contributed by atoms with Gasteiger partial charge >= 0.3 is 5.97 Å². The zero-order valence-corrected chi connectivity index (χ0v) is 13.6. The van der Waals surface area contributed by atoms with Crippen LogP contribution >= 0.6 is 0 Å². The summed E-state index contributed by atoms with van der Waals surface area (Å²) in [6.07, 6.45) is 4.92. The first-order chi connectivity index (χ1) is 10.9. The Morgan fingerprint density at radius 2 is 2.09 bits per heavy atom. The molecule has 1 aliphatic rings. The molecular formula is C18H24O5. The van der Waals surface area contributed by atoms with Crippen molar-refractivity contribution < 1.29 is 24.5 Å². The van der Waals surface area contributed by atoms with E-state index < -0.39 is 11.8 Å². The molecule has 2 unspecified atom stereocenters. The van der Waals surface area contributed by atoms with E-state index in [4.69, 9.17) is 14.6 Å². The topological polar surface area (TPSA) is 76.0 Å². The molecule has 1 saturated heterocycles. The van der Waals surface area contributed by atoms with Crippen molar-refractivity contribution in [1.29, 1.82) is 0 Å². The number of aromatic hydroxyl groups is 1. The number of allylic oxidation sites excluding steroid dienone is 2. The standard InChI is InChI=1S/C18H24O5/c1-18(2)22-12-13(8-4-3-5-11-16(20)21)17(23-18)14-9-6-7-10-15(14)19/h3-4,6-7,9-10,13,17,19H,5,8,11-12H2,1-2H3,(H,20,21)/b4-3+. The molecule has 0 saturated carbocycles. The predicted molar refractivity (Wildman–Crippen MR) is 86.1 cm³/mol. The van der Waals surface area contributed by atoms with Crippen LogP contribution in [0.15, 0.2) is 36.4 Å². The zero-order valence-electron chi connectivity index (χ0n) is 13.6. The fourth-order valence-electron chi connectivity index (χ4n) is 2.66. The van der Waals surface area contributed by atoms with Crippen LogP contribution in [0.25, 0.3) is 0 Å². The van der Waals surface area contributed by atoms with Gasteiger partial charge in [0.2, 0.25) is 0 Å². The highest BCUT2D eigenvalue weighted by molar-refractivity contribution is 5.66. The van der Waals surface area contributed by atoms with Crippen LogP contribution < -0.4 is 0 Å². The Balaban J connectivity index is 2.07. The molecule has 0 spiro atoms. The first-order valence-electron chi connectivity index (χ1n) is 7.85. The summed E-state index contributed by atoms with van der Waals surface area (Å²) in [6, 6.07) is 7.17. The number of ether oxygens (including phenoxy) is 2. The molecule has 0 bridgehead atoms. The van der Waals surface area contributed by atoms with Gasteiger partial charge in [-0.05, 0) is 32.8 Å². The van der Waals surface area contributed by atoms with Crippen molar-refractivity contribution in [2.45, 2.75) is 45.0 Å². The van der Waals surface area contributed by atoms with Crippen LogP contribution in [-0.2, 0) is 14.3 Å². The maximum absolute atomic E-state index is 10.5. The van der Waals surface area contributed by atoms with Gasteiger partial charge in [0.25, 0.3) is 0 Å². The molecule has 5 nitrogen and oxygen atoms in total. The Hall–Kier alpha value is -1.85. The smallest absolute Gasteiger partial charge is 0.303 e. The molecule has 0 amide bonds. The summed E-state index contributed by atoms with van der Waals surface area (Å²) in [5.41, 5.74) is 0.757. The fourth-order valence-corrected chi connectivity index (χ4v) is 2.66. The number of carboxylic acid groups (broad SMARTS) is 1. The molecule has 0 aromatic heterocycles. The molecule has 2 rings (SSSR count). The highest BCUT2D eigenvalue weighted by Gasteiger charge is 2.37. The van der Waals surface area contributed by atoms with E-state index in [-0.39, 0.29) is 24.2 Å². The molecule has 23 heavy (non-hydrogen) atoms. The van der Waals surface area contributed by atoms with Gasteiger partial charge in [-0.15, -0.1) is 0 Å². The lowest BCUT2D eigenvalue weighted by Gasteiger charge is -2.41. The minimum atomic E-state index is -0.798. The number of rotatable bonds is 6. The van der Waals surface area contributed by atoms with Crippen molar-refractivity contribution in [3.8, 4) is 5.75 Å². The Kier molecular flexibility index (Phi) is 5.80. The summed E-state index contributed by atoms with van der Waals surface area (Å²) in [5.74, 6) is -1.21. The van der Waals surface area contributed by atoms with Crippen LogP contribution in [0.4, 0.5) is 0 Å². The zero-order chi connectivity index (χ0) is 16.9. The van der Waals surface area contributed by atoms with E-state index in [2.05, 4.69) is 0 Å². The molecular weight excluding hydrogens is 296 g/mol. The van der Waals surface area contributed by atoms with Gasteiger partial charge in [0.15, 0.2) is 5.79 Å². The first kappa shape index (κ1) is 17.5. The van der Waals surface area contributed by atoms with E-state index >= 15 is 0 Å². The summed E-state index contributed by atoms with van der Waals surface area (Å²) in [6.45, 7) is 4.24. The van der Waals surface area contributed by atoms with Gasteiger partial charge in [0.1, 0.15) is 5.75 Å². The van der Waals surface area contributed by atoms with Crippen LogP contribution in [0, 0.1) is 5.92 Å². The number of para-hydroxylation sites is 1. The molecule has 1 aromatic rings. The minimum Gasteiger partial charge on any atom is -0.508 e. The SMILES string of the molecule is CC1(C)OCC(C/C=C/CCC(=O)O)C(c2ccccc2O)O1. The second kappa shape index (κ2) is 7.62. The van der Waals surface area contributed by atoms with E-state index in [0.717, 1.165) is 5.56 Å². The minimum absolute atomic E-state index is 0.0670. The Morgan fingerprint density at radius 3 is 2.78 bits per heavy atom. The largest absolute Gasteiger partial charge is 0.508 e. The predicted octanol–water partition coefficient (Wildman–Crippen LogP) is 3.64. The van der Waals surface area contributed by atoms with E-state index in [1.165, 1.54) is 0 Å². The van der Waals surface area contributed by atoms with E-state index in [0.29, 0.717) is 19.4 Å². The monoisotopic (exact) mass is 320 g/mol. The molecule has 1 aliphatic heterocycles. The third kappa shape index (κ3) is 5.08. The maximum atomic E-state index is 10.5. The molecule has 126 valence electrons. The molecule has 0 radical (unpaired) electrons. The van der Waals surface area contributed by atoms with E-state index in [9.17, 15) is 9.90 Å².